The second-order valence-electron chi connectivity index (χ2n) is 5.85. The highest BCUT2D eigenvalue weighted by atomic mass is 16.5. The Kier molecular flexibility index (Phi) is 3.93. The van der Waals surface area contributed by atoms with Crippen LogP contribution in [0.25, 0.3) is 17.0 Å². The minimum absolute atomic E-state index is 0.0197. The van der Waals surface area contributed by atoms with Crippen LogP contribution >= 0.6 is 0 Å². The van der Waals surface area contributed by atoms with E-state index in [1.54, 1.807) is 25.3 Å². The van der Waals surface area contributed by atoms with Crippen LogP contribution in [0.1, 0.15) is 5.76 Å². The van der Waals surface area contributed by atoms with Crippen LogP contribution in [0.2, 0.25) is 0 Å². The van der Waals surface area contributed by atoms with E-state index in [2.05, 4.69) is 5.32 Å². The summed E-state index contributed by atoms with van der Waals surface area (Å²) >= 11 is 0. The van der Waals surface area contributed by atoms with Gasteiger partial charge in [0, 0.05) is 11.5 Å². The van der Waals surface area contributed by atoms with Crippen LogP contribution < -0.4 is 15.0 Å². The second-order valence-corrected chi connectivity index (χ2v) is 5.85. The molecule has 130 valence electrons. The monoisotopic (exact) mass is 348 g/mol. The van der Waals surface area contributed by atoms with Gasteiger partial charge >= 0.3 is 0 Å². The molecule has 3 aromatic rings. The number of para-hydroxylation sites is 3. The largest absolute Gasteiger partial charge is 0.493 e. The van der Waals surface area contributed by atoms with Crippen molar-refractivity contribution in [3.05, 3.63) is 60.4 Å². The Hall–Kier alpha value is -3.54. The predicted molar refractivity (Wildman–Crippen MR) is 99.2 cm³/mol. The minimum atomic E-state index is -0.292. The van der Waals surface area contributed by atoms with Crippen molar-refractivity contribution in [2.45, 2.75) is 0 Å². The van der Waals surface area contributed by atoms with Crippen LogP contribution in [0, 0.1) is 0 Å². The molecule has 6 heteroatoms. The Morgan fingerprint density at radius 3 is 2.92 bits per heavy atom. The number of furan rings is 1. The van der Waals surface area contributed by atoms with Crippen molar-refractivity contribution in [3.8, 4) is 5.75 Å². The molecule has 1 aliphatic heterocycles. The Bertz CT molecular complexity index is 1040. The molecular weight excluding hydrogens is 332 g/mol. The van der Waals surface area contributed by atoms with Crippen molar-refractivity contribution < 1.29 is 18.7 Å². The van der Waals surface area contributed by atoms with E-state index in [9.17, 15) is 9.59 Å². The molecule has 1 aromatic heterocycles. The van der Waals surface area contributed by atoms with E-state index in [1.807, 2.05) is 36.4 Å². The number of rotatable bonds is 3. The lowest BCUT2D eigenvalue weighted by Gasteiger charge is -2.28. The first-order valence-corrected chi connectivity index (χ1v) is 8.11. The lowest BCUT2D eigenvalue weighted by atomic mass is 10.2. The van der Waals surface area contributed by atoms with Crippen molar-refractivity contribution >= 4 is 40.2 Å². The molecule has 2 amide bonds. The summed E-state index contributed by atoms with van der Waals surface area (Å²) in [6, 6.07) is 14.6. The van der Waals surface area contributed by atoms with Crippen molar-refractivity contribution in [2.75, 3.05) is 23.9 Å². The fourth-order valence-corrected chi connectivity index (χ4v) is 2.97. The zero-order valence-electron chi connectivity index (χ0n) is 14.1. The molecular formula is C20H16N2O4. The molecule has 26 heavy (non-hydrogen) atoms. The van der Waals surface area contributed by atoms with Gasteiger partial charge in [-0.05, 0) is 30.3 Å². The molecule has 2 heterocycles. The highest BCUT2D eigenvalue weighted by Gasteiger charge is 2.25. The van der Waals surface area contributed by atoms with Crippen molar-refractivity contribution in [1.82, 2.24) is 0 Å². The fraction of sp³-hybridized carbons (Fsp3) is 0.100. The topological polar surface area (TPSA) is 71.8 Å². The first-order chi connectivity index (χ1) is 12.7. The molecule has 2 aromatic carbocycles. The summed E-state index contributed by atoms with van der Waals surface area (Å²) in [6.45, 7) is -0.0197. The first kappa shape index (κ1) is 16.0. The number of carbonyl (C=O) groups is 2. The van der Waals surface area contributed by atoms with E-state index in [0.29, 0.717) is 28.5 Å². The number of anilines is 2. The average molecular weight is 348 g/mol. The normalized spacial score (nSPS) is 13.7. The van der Waals surface area contributed by atoms with Gasteiger partial charge in [0.2, 0.25) is 5.91 Å². The van der Waals surface area contributed by atoms with E-state index in [0.717, 1.165) is 5.39 Å². The SMILES string of the molecule is COc1cccc2cc(C=CC(=O)N3CC(=O)Nc4ccccc43)oc12. The van der Waals surface area contributed by atoms with E-state index in [-0.39, 0.29) is 18.4 Å². The smallest absolute Gasteiger partial charge is 0.251 e. The third-order valence-electron chi connectivity index (χ3n) is 4.17. The van der Waals surface area contributed by atoms with E-state index in [1.165, 1.54) is 11.0 Å². The summed E-state index contributed by atoms with van der Waals surface area (Å²) in [6.07, 6.45) is 3.00. The van der Waals surface area contributed by atoms with Gasteiger partial charge in [0.1, 0.15) is 12.3 Å². The first-order valence-electron chi connectivity index (χ1n) is 8.11. The van der Waals surface area contributed by atoms with Crippen molar-refractivity contribution in [3.63, 3.8) is 0 Å². The highest BCUT2D eigenvalue weighted by molar-refractivity contribution is 6.13. The number of nitrogens with one attached hydrogen (secondary N) is 1. The van der Waals surface area contributed by atoms with E-state index < -0.39 is 0 Å². The maximum absolute atomic E-state index is 12.6. The molecule has 1 aliphatic rings. The zero-order chi connectivity index (χ0) is 18.1. The number of ether oxygens (including phenoxy) is 1. The number of amides is 2. The van der Waals surface area contributed by atoms with Gasteiger partial charge in [0.15, 0.2) is 11.3 Å². The van der Waals surface area contributed by atoms with E-state index in [4.69, 9.17) is 9.15 Å². The number of hydrogen-bond donors (Lipinski definition) is 1. The van der Waals surface area contributed by atoms with Crippen LogP contribution in [-0.4, -0.2) is 25.5 Å². The zero-order valence-corrected chi connectivity index (χ0v) is 14.1. The molecule has 0 spiro atoms. The quantitative estimate of drug-likeness (QED) is 0.736. The maximum atomic E-state index is 12.6. The molecule has 0 fully saturated rings. The van der Waals surface area contributed by atoms with Gasteiger partial charge in [-0.2, -0.15) is 0 Å². The summed E-state index contributed by atoms with van der Waals surface area (Å²) in [5, 5.41) is 3.65. The molecule has 1 N–H and O–H groups in total. The third kappa shape index (κ3) is 2.82. The summed E-state index contributed by atoms with van der Waals surface area (Å²) < 4.78 is 11.0. The van der Waals surface area contributed by atoms with Gasteiger partial charge in [-0.1, -0.05) is 24.3 Å². The van der Waals surface area contributed by atoms with Crippen LogP contribution in [0.4, 0.5) is 11.4 Å². The molecule has 6 nitrogen and oxygen atoms in total. The van der Waals surface area contributed by atoms with Crippen LogP contribution in [-0.2, 0) is 9.59 Å². The predicted octanol–water partition coefficient (Wildman–Crippen LogP) is 3.44. The lowest BCUT2D eigenvalue weighted by Crippen LogP contribution is -2.41. The van der Waals surface area contributed by atoms with Crippen molar-refractivity contribution in [1.29, 1.82) is 0 Å². The maximum Gasteiger partial charge on any atom is 0.251 e. The summed E-state index contributed by atoms with van der Waals surface area (Å²) in [5.41, 5.74) is 1.93. The Balaban J connectivity index is 1.61. The summed E-state index contributed by atoms with van der Waals surface area (Å²) in [7, 11) is 1.58. The standard InChI is InChI=1S/C20H16N2O4/c1-25-17-8-4-5-13-11-14(26-20(13)17)9-10-19(24)22-12-18(23)21-15-6-2-3-7-16(15)22/h2-11H,12H2,1H3,(H,21,23). The second kappa shape index (κ2) is 6.40. The number of hydrogen-bond acceptors (Lipinski definition) is 4. The minimum Gasteiger partial charge on any atom is -0.493 e. The van der Waals surface area contributed by atoms with Gasteiger partial charge in [-0.15, -0.1) is 0 Å². The Labute approximate surface area is 149 Å². The molecule has 0 saturated carbocycles. The highest BCUT2D eigenvalue weighted by Crippen LogP contribution is 2.30. The van der Waals surface area contributed by atoms with Crippen LogP contribution in [0.3, 0.4) is 0 Å². The lowest BCUT2D eigenvalue weighted by molar-refractivity contribution is -0.119. The van der Waals surface area contributed by atoms with Crippen LogP contribution in [0.5, 0.6) is 5.75 Å². The van der Waals surface area contributed by atoms with Crippen LogP contribution in [0.15, 0.2) is 59.0 Å². The summed E-state index contributed by atoms with van der Waals surface area (Å²) in [5.74, 6) is 0.654. The number of nitrogens with zero attached hydrogens (tertiary/aromatic N) is 1. The number of carbonyl (C=O) groups excluding carboxylic acids is 2. The Morgan fingerprint density at radius 2 is 2.08 bits per heavy atom. The average Bonchev–Trinajstić information content (AvgIpc) is 3.08. The molecule has 0 aliphatic carbocycles. The Morgan fingerprint density at radius 1 is 1.23 bits per heavy atom. The number of fused-ring (bicyclic) bond motifs is 2. The molecule has 0 radical (unpaired) electrons. The van der Waals surface area contributed by atoms with Gasteiger partial charge in [0.25, 0.3) is 5.91 Å². The van der Waals surface area contributed by atoms with E-state index >= 15 is 0 Å². The van der Waals surface area contributed by atoms with Gasteiger partial charge < -0.3 is 14.5 Å². The van der Waals surface area contributed by atoms with Gasteiger partial charge in [-0.3, -0.25) is 14.5 Å². The van der Waals surface area contributed by atoms with Gasteiger partial charge in [0.05, 0.1) is 18.5 Å². The van der Waals surface area contributed by atoms with Crippen molar-refractivity contribution in [2.24, 2.45) is 0 Å². The molecule has 0 bridgehead atoms. The molecule has 0 atom stereocenters. The molecule has 0 saturated heterocycles. The number of methoxy groups -OCH3 is 1. The molecule has 4 rings (SSSR count). The van der Waals surface area contributed by atoms with Gasteiger partial charge in [-0.25, -0.2) is 0 Å². The summed E-state index contributed by atoms with van der Waals surface area (Å²) in [4.78, 5) is 25.9. The number of benzene rings is 2. The third-order valence-corrected chi connectivity index (χ3v) is 4.17. The molecule has 0 unspecified atom stereocenters. The fourth-order valence-electron chi connectivity index (χ4n) is 2.97.